The highest BCUT2D eigenvalue weighted by Crippen LogP contribution is 2.40. The molecule has 1 saturated carbocycles. The summed E-state index contributed by atoms with van der Waals surface area (Å²) in [5.74, 6) is 0.760. The molecule has 1 atom stereocenters. The Morgan fingerprint density at radius 1 is 1.44 bits per heavy atom. The molecule has 1 aliphatic carbocycles. The van der Waals surface area contributed by atoms with Gasteiger partial charge in [0.1, 0.15) is 0 Å². The minimum atomic E-state index is -0.370. The van der Waals surface area contributed by atoms with Crippen LogP contribution in [-0.4, -0.2) is 18.2 Å². The minimum Gasteiger partial charge on any atom is -0.387 e. The molecule has 0 bridgehead atoms. The van der Waals surface area contributed by atoms with Crippen molar-refractivity contribution in [1.82, 2.24) is 5.32 Å². The number of hydrogen-bond donors (Lipinski definition) is 2. The van der Waals surface area contributed by atoms with Crippen molar-refractivity contribution in [1.29, 1.82) is 0 Å². The standard InChI is InChI=1S/C14H21NO/c1-2-8-15-10-14(16)13-5-3-4-12(9-13)11-6-7-11/h3-5,9,11,14-16H,2,6-8,10H2,1H3. The quantitative estimate of drug-likeness (QED) is 0.721. The molecule has 16 heavy (non-hydrogen) atoms. The number of rotatable bonds is 6. The van der Waals surface area contributed by atoms with Crippen LogP contribution in [0.15, 0.2) is 24.3 Å². The van der Waals surface area contributed by atoms with Gasteiger partial charge in [0.05, 0.1) is 6.10 Å². The molecule has 2 heteroatoms. The lowest BCUT2D eigenvalue weighted by Crippen LogP contribution is -2.22. The van der Waals surface area contributed by atoms with Gasteiger partial charge in [-0.05, 0) is 42.9 Å². The van der Waals surface area contributed by atoms with Crippen LogP contribution in [-0.2, 0) is 0 Å². The molecule has 0 radical (unpaired) electrons. The lowest BCUT2D eigenvalue weighted by atomic mass is 10.0. The van der Waals surface area contributed by atoms with Crippen LogP contribution in [0, 0.1) is 0 Å². The summed E-state index contributed by atoms with van der Waals surface area (Å²) in [6, 6.07) is 8.42. The van der Waals surface area contributed by atoms with Crippen LogP contribution in [0.4, 0.5) is 0 Å². The first kappa shape index (κ1) is 11.6. The van der Waals surface area contributed by atoms with E-state index in [2.05, 4.69) is 30.4 Å². The average molecular weight is 219 g/mol. The van der Waals surface area contributed by atoms with Gasteiger partial charge in [-0.15, -0.1) is 0 Å². The van der Waals surface area contributed by atoms with Crippen molar-refractivity contribution in [2.45, 2.75) is 38.2 Å². The Labute approximate surface area is 97.7 Å². The zero-order valence-electron chi connectivity index (χ0n) is 9.95. The molecule has 1 aromatic rings. The van der Waals surface area contributed by atoms with Gasteiger partial charge in [-0.1, -0.05) is 31.2 Å². The number of aliphatic hydroxyl groups excluding tert-OH is 1. The summed E-state index contributed by atoms with van der Waals surface area (Å²) < 4.78 is 0. The lowest BCUT2D eigenvalue weighted by Gasteiger charge is -2.13. The summed E-state index contributed by atoms with van der Waals surface area (Å²) >= 11 is 0. The Morgan fingerprint density at radius 2 is 2.25 bits per heavy atom. The van der Waals surface area contributed by atoms with Gasteiger partial charge in [-0.25, -0.2) is 0 Å². The third-order valence-electron chi connectivity index (χ3n) is 3.11. The van der Waals surface area contributed by atoms with E-state index in [1.54, 1.807) is 0 Å². The zero-order valence-corrected chi connectivity index (χ0v) is 9.95. The molecule has 88 valence electrons. The zero-order chi connectivity index (χ0) is 11.4. The Hall–Kier alpha value is -0.860. The van der Waals surface area contributed by atoms with Gasteiger partial charge in [0, 0.05) is 6.54 Å². The molecular weight excluding hydrogens is 198 g/mol. The molecular formula is C14H21NO. The second kappa shape index (κ2) is 5.46. The molecule has 1 unspecified atom stereocenters. The molecule has 1 fully saturated rings. The van der Waals surface area contributed by atoms with Gasteiger partial charge < -0.3 is 10.4 Å². The number of benzene rings is 1. The third kappa shape index (κ3) is 3.06. The predicted octanol–water partition coefficient (Wildman–Crippen LogP) is 2.60. The van der Waals surface area contributed by atoms with E-state index in [-0.39, 0.29) is 6.10 Å². The topological polar surface area (TPSA) is 32.3 Å². The fourth-order valence-corrected chi connectivity index (χ4v) is 1.97. The molecule has 1 aromatic carbocycles. The largest absolute Gasteiger partial charge is 0.387 e. The van der Waals surface area contributed by atoms with Gasteiger partial charge in [0.2, 0.25) is 0 Å². The molecule has 0 aromatic heterocycles. The van der Waals surface area contributed by atoms with E-state index in [1.807, 2.05) is 6.07 Å². The maximum Gasteiger partial charge on any atom is 0.0914 e. The monoisotopic (exact) mass is 219 g/mol. The molecule has 2 rings (SSSR count). The SMILES string of the molecule is CCCNCC(O)c1cccc(C2CC2)c1. The summed E-state index contributed by atoms with van der Waals surface area (Å²) in [6.07, 6.45) is 3.36. The van der Waals surface area contributed by atoms with Gasteiger partial charge in [-0.3, -0.25) is 0 Å². The number of hydrogen-bond acceptors (Lipinski definition) is 2. The smallest absolute Gasteiger partial charge is 0.0914 e. The molecule has 2 N–H and O–H groups in total. The minimum absolute atomic E-state index is 0.370. The van der Waals surface area contributed by atoms with Crippen molar-refractivity contribution >= 4 is 0 Å². The maximum atomic E-state index is 10.0. The maximum absolute atomic E-state index is 10.0. The normalized spacial score (nSPS) is 17.4. The second-order valence-electron chi connectivity index (χ2n) is 4.66. The van der Waals surface area contributed by atoms with E-state index in [1.165, 1.54) is 18.4 Å². The van der Waals surface area contributed by atoms with E-state index in [0.717, 1.165) is 24.4 Å². The van der Waals surface area contributed by atoms with E-state index < -0.39 is 0 Å². The highest BCUT2D eigenvalue weighted by atomic mass is 16.3. The Balaban J connectivity index is 1.93. The average Bonchev–Trinajstić information content (AvgIpc) is 3.13. The Kier molecular flexibility index (Phi) is 3.97. The van der Waals surface area contributed by atoms with Crippen LogP contribution >= 0.6 is 0 Å². The van der Waals surface area contributed by atoms with E-state index in [0.29, 0.717) is 6.54 Å². The van der Waals surface area contributed by atoms with Gasteiger partial charge in [0.25, 0.3) is 0 Å². The van der Waals surface area contributed by atoms with Crippen LogP contribution in [0.3, 0.4) is 0 Å². The summed E-state index contributed by atoms with van der Waals surface area (Å²) in [5.41, 5.74) is 2.44. The van der Waals surface area contributed by atoms with Crippen LogP contribution < -0.4 is 5.32 Å². The fourth-order valence-electron chi connectivity index (χ4n) is 1.97. The first-order chi connectivity index (χ1) is 7.81. The van der Waals surface area contributed by atoms with Crippen molar-refractivity contribution in [3.8, 4) is 0 Å². The molecule has 0 amide bonds. The first-order valence-corrected chi connectivity index (χ1v) is 6.30. The van der Waals surface area contributed by atoms with Crippen molar-refractivity contribution in [3.63, 3.8) is 0 Å². The van der Waals surface area contributed by atoms with E-state index in [4.69, 9.17) is 0 Å². The van der Waals surface area contributed by atoms with Crippen LogP contribution in [0.5, 0.6) is 0 Å². The van der Waals surface area contributed by atoms with Crippen molar-refractivity contribution in [2.24, 2.45) is 0 Å². The predicted molar refractivity (Wildman–Crippen MR) is 66.5 cm³/mol. The van der Waals surface area contributed by atoms with Crippen LogP contribution in [0.25, 0.3) is 0 Å². The molecule has 0 aliphatic heterocycles. The Morgan fingerprint density at radius 3 is 2.94 bits per heavy atom. The molecule has 2 nitrogen and oxygen atoms in total. The van der Waals surface area contributed by atoms with Gasteiger partial charge in [-0.2, -0.15) is 0 Å². The third-order valence-corrected chi connectivity index (χ3v) is 3.11. The highest BCUT2D eigenvalue weighted by Gasteiger charge is 2.23. The van der Waals surface area contributed by atoms with Crippen LogP contribution in [0.2, 0.25) is 0 Å². The fraction of sp³-hybridized carbons (Fsp3) is 0.571. The van der Waals surface area contributed by atoms with Crippen molar-refractivity contribution in [3.05, 3.63) is 35.4 Å². The molecule has 0 saturated heterocycles. The highest BCUT2D eigenvalue weighted by molar-refractivity contribution is 5.30. The molecule has 0 spiro atoms. The summed E-state index contributed by atoms with van der Waals surface area (Å²) in [6.45, 7) is 3.76. The summed E-state index contributed by atoms with van der Waals surface area (Å²) in [7, 11) is 0. The lowest BCUT2D eigenvalue weighted by molar-refractivity contribution is 0.175. The number of aliphatic hydroxyl groups is 1. The van der Waals surface area contributed by atoms with Crippen molar-refractivity contribution in [2.75, 3.05) is 13.1 Å². The van der Waals surface area contributed by atoms with Crippen LogP contribution in [0.1, 0.15) is 49.3 Å². The Bertz CT molecular complexity index is 333. The first-order valence-electron chi connectivity index (χ1n) is 6.30. The van der Waals surface area contributed by atoms with Gasteiger partial charge >= 0.3 is 0 Å². The second-order valence-corrected chi connectivity index (χ2v) is 4.66. The summed E-state index contributed by atoms with van der Waals surface area (Å²) in [5, 5.41) is 13.3. The molecule has 0 heterocycles. The van der Waals surface area contributed by atoms with E-state index >= 15 is 0 Å². The van der Waals surface area contributed by atoms with Gasteiger partial charge in [0.15, 0.2) is 0 Å². The van der Waals surface area contributed by atoms with E-state index in [9.17, 15) is 5.11 Å². The number of nitrogens with one attached hydrogen (secondary N) is 1. The van der Waals surface area contributed by atoms with Crippen molar-refractivity contribution < 1.29 is 5.11 Å². The molecule has 1 aliphatic rings. The summed E-state index contributed by atoms with van der Waals surface area (Å²) in [4.78, 5) is 0.